The Hall–Kier alpha value is -2.46. The number of carboxylic acids is 2. The Morgan fingerprint density at radius 1 is 0.556 bits per heavy atom. The van der Waals surface area contributed by atoms with Gasteiger partial charge in [0.1, 0.15) is 13.2 Å². The van der Waals surface area contributed by atoms with Crippen molar-refractivity contribution in [3.63, 3.8) is 0 Å². The summed E-state index contributed by atoms with van der Waals surface area (Å²) in [5.74, 6) is -7.92. The molecule has 10 heteroatoms. The molecule has 0 saturated heterocycles. The molecule has 2 atom stereocenters. The first-order valence-electron chi connectivity index (χ1n) is 12.9. The Kier molecular flexibility index (Phi) is 19.3. The summed E-state index contributed by atoms with van der Waals surface area (Å²) < 4.78 is 20.9. The standard InChI is InChI=1S/C26H44O10/c1-5-7-9-11-13-33-15-17-35-25(31)19(3)21(23(27)28)22(24(29)30)20(4)26(32)36-18-16-34-14-12-10-8-6-2/h19-20H,5-18H2,1-4H3,(H,27,28)(H,29,30). The van der Waals surface area contributed by atoms with Gasteiger partial charge in [0.15, 0.2) is 0 Å². The SMILES string of the molecule is CCCCCCOCCOC(=O)C(C)C(C(=O)O)=C(C(=O)O)C(C)C(=O)OCCOCCCCCC. The molecule has 0 aliphatic rings. The number of carbonyl (C=O) groups excluding carboxylic acids is 2. The van der Waals surface area contributed by atoms with Gasteiger partial charge in [-0.05, 0) is 26.7 Å². The molecule has 0 aromatic carbocycles. The summed E-state index contributed by atoms with van der Waals surface area (Å²) in [6.45, 7) is 7.82. The number of hydrogen-bond acceptors (Lipinski definition) is 8. The van der Waals surface area contributed by atoms with Crippen molar-refractivity contribution in [3.8, 4) is 0 Å². The third-order valence-electron chi connectivity index (χ3n) is 5.55. The molecular weight excluding hydrogens is 472 g/mol. The van der Waals surface area contributed by atoms with Crippen LogP contribution >= 0.6 is 0 Å². The van der Waals surface area contributed by atoms with Gasteiger partial charge < -0.3 is 29.2 Å². The van der Waals surface area contributed by atoms with Crippen LogP contribution in [0, 0.1) is 11.8 Å². The van der Waals surface area contributed by atoms with E-state index < -0.39 is 46.9 Å². The zero-order chi connectivity index (χ0) is 27.3. The predicted molar refractivity (Wildman–Crippen MR) is 132 cm³/mol. The molecule has 2 unspecified atom stereocenters. The molecule has 0 bridgehead atoms. The first-order valence-corrected chi connectivity index (χ1v) is 12.9. The number of hydrogen-bond donors (Lipinski definition) is 2. The number of ether oxygens (including phenoxy) is 4. The molecule has 0 fully saturated rings. The molecule has 0 aromatic rings. The minimum absolute atomic E-state index is 0.0949. The van der Waals surface area contributed by atoms with Crippen LogP contribution in [0.3, 0.4) is 0 Å². The van der Waals surface area contributed by atoms with Crippen LogP contribution in [0.15, 0.2) is 11.1 Å². The van der Waals surface area contributed by atoms with Crippen LogP contribution in [-0.4, -0.2) is 73.7 Å². The van der Waals surface area contributed by atoms with Gasteiger partial charge in [-0.25, -0.2) is 9.59 Å². The van der Waals surface area contributed by atoms with E-state index in [4.69, 9.17) is 18.9 Å². The summed E-state index contributed by atoms with van der Waals surface area (Å²) in [5, 5.41) is 19.3. The van der Waals surface area contributed by atoms with Crippen molar-refractivity contribution < 1.29 is 48.3 Å². The Balaban J connectivity index is 4.94. The molecule has 0 heterocycles. The third kappa shape index (κ3) is 14.2. The fraction of sp³-hybridized carbons (Fsp3) is 0.769. The molecule has 0 radical (unpaired) electrons. The lowest BCUT2D eigenvalue weighted by molar-refractivity contribution is -0.152. The lowest BCUT2D eigenvalue weighted by Gasteiger charge is -2.19. The van der Waals surface area contributed by atoms with Gasteiger partial charge in [0, 0.05) is 13.2 Å². The average molecular weight is 517 g/mol. The van der Waals surface area contributed by atoms with Gasteiger partial charge in [-0.3, -0.25) is 9.59 Å². The number of esters is 2. The van der Waals surface area contributed by atoms with Crippen LogP contribution in [0.25, 0.3) is 0 Å². The van der Waals surface area contributed by atoms with Gasteiger partial charge >= 0.3 is 23.9 Å². The maximum Gasteiger partial charge on any atom is 0.333 e. The zero-order valence-corrected chi connectivity index (χ0v) is 22.2. The van der Waals surface area contributed by atoms with Crippen molar-refractivity contribution >= 4 is 23.9 Å². The number of carbonyl (C=O) groups is 4. The van der Waals surface area contributed by atoms with Crippen molar-refractivity contribution in [2.45, 2.75) is 79.1 Å². The van der Waals surface area contributed by atoms with Crippen LogP contribution in [0.5, 0.6) is 0 Å². The molecule has 0 aliphatic heterocycles. The Bertz CT molecular complexity index is 643. The lowest BCUT2D eigenvalue weighted by Crippen LogP contribution is -2.30. The van der Waals surface area contributed by atoms with Crippen LogP contribution in [-0.2, 0) is 38.1 Å². The normalized spacial score (nSPS) is 13.4. The van der Waals surface area contributed by atoms with E-state index in [0.717, 1.165) is 51.4 Å². The molecule has 2 N–H and O–H groups in total. The number of rotatable bonds is 22. The Labute approximate surface area is 214 Å². The van der Waals surface area contributed by atoms with E-state index in [-0.39, 0.29) is 26.4 Å². The molecule has 0 rings (SSSR count). The Morgan fingerprint density at radius 2 is 0.917 bits per heavy atom. The highest BCUT2D eigenvalue weighted by Crippen LogP contribution is 2.25. The van der Waals surface area contributed by atoms with Crippen molar-refractivity contribution in [1.29, 1.82) is 0 Å². The second kappa shape index (κ2) is 20.7. The average Bonchev–Trinajstić information content (AvgIpc) is 2.84. The van der Waals surface area contributed by atoms with Crippen LogP contribution < -0.4 is 0 Å². The molecule has 0 saturated carbocycles. The van der Waals surface area contributed by atoms with Crippen LogP contribution in [0.1, 0.15) is 79.1 Å². The van der Waals surface area contributed by atoms with Crippen molar-refractivity contribution in [2.24, 2.45) is 11.8 Å². The summed E-state index contributed by atoms with van der Waals surface area (Å²) >= 11 is 0. The summed E-state index contributed by atoms with van der Waals surface area (Å²) in [7, 11) is 0. The molecule has 0 spiro atoms. The third-order valence-corrected chi connectivity index (χ3v) is 5.55. The van der Waals surface area contributed by atoms with Crippen LogP contribution in [0.4, 0.5) is 0 Å². The Morgan fingerprint density at radius 3 is 1.22 bits per heavy atom. The lowest BCUT2D eigenvalue weighted by atomic mass is 9.88. The first kappa shape index (κ1) is 33.5. The summed E-state index contributed by atoms with van der Waals surface area (Å²) in [6, 6.07) is 0. The van der Waals surface area contributed by atoms with Gasteiger partial charge in [-0.2, -0.15) is 0 Å². The summed E-state index contributed by atoms with van der Waals surface area (Å²) in [4.78, 5) is 48.6. The number of carboxylic acid groups (broad SMARTS) is 2. The zero-order valence-electron chi connectivity index (χ0n) is 22.2. The smallest absolute Gasteiger partial charge is 0.333 e. The van der Waals surface area contributed by atoms with Crippen LogP contribution in [0.2, 0.25) is 0 Å². The molecule has 0 amide bonds. The predicted octanol–water partition coefficient (Wildman–Crippen LogP) is 4.00. The number of unbranched alkanes of at least 4 members (excludes halogenated alkanes) is 6. The van der Waals surface area contributed by atoms with E-state index in [2.05, 4.69) is 13.8 Å². The fourth-order valence-corrected chi connectivity index (χ4v) is 3.42. The molecular formula is C26H44O10. The van der Waals surface area contributed by atoms with Gasteiger partial charge in [0.25, 0.3) is 0 Å². The maximum absolute atomic E-state index is 12.4. The van der Waals surface area contributed by atoms with E-state index in [9.17, 15) is 29.4 Å². The molecule has 10 nitrogen and oxygen atoms in total. The fourth-order valence-electron chi connectivity index (χ4n) is 3.42. The minimum Gasteiger partial charge on any atom is -0.478 e. The highest BCUT2D eigenvalue weighted by atomic mass is 16.6. The number of aliphatic carboxylic acids is 2. The molecule has 36 heavy (non-hydrogen) atoms. The van der Waals surface area contributed by atoms with Crippen molar-refractivity contribution in [3.05, 3.63) is 11.1 Å². The highest BCUT2D eigenvalue weighted by Gasteiger charge is 2.36. The van der Waals surface area contributed by atoms with E-state index in [1.165, 1.54) is 13.8 Å². The first-order chi connectivity index (χ1) is 17.2. The van der Waals surface area contributed by atoms with Gasteiger partial charge in [0.2, 0.25) is 0 Å². The van der Waals surface area contributed by atoms with E-state index in [1.54, 1.807) is 0 Å². The second-order valence-corrected chi connectivity index (χ2v) is 8.56. The van der Waals surface area contributed by atoms with Gasteiger partial charge in [-0.15, -0.1) is 0 Å². The van der Waals surface area contributed by atoms with Gasteiger partial charge in [0.05, 0.1) is 36.2 Å². The molecule has 0 aromatic heterocycles. The van der Waals surface area contributed by atoms with E-state index >= 15 is 0 Å². The maximum atomic E-state index is 12.4. The summed E-state index contributed by atoms with van der Waals surface area (Å²) in [6.07, 6.45) is 8.33. The summed E-state index contributed by atoms with van der Waals surface area (Å²) in [5.41, 5.74) is -1.44. The molecule has 0 aliphatic carbocycles. The monoisotopic (exact) mass is 516 g/mol. The largest absolute Gasteiger partial charge is 0.478 e. The highest BCUT2D eigenvalue weighted by molar-refractivity contribution is 6.05. The second-order valence-electron chi connectivity index (χ2n) is 8.56. The van der Waals surface area contributed by atoms with Crippen molar-refractivity contribution in [1.82, 2.24) is 0 Å². The van der Waals surface area contributed by atoms with E-state index in [0.29, 0.717) is 13.2 Å². The van der Waals surface area contributed by atoms with E-state index in [1.807, 2.05) is 0 Å². The minimum atomic E-state index is -1.63. The molecule has 208 valence electrons. The quantitative estimate of drug-likeness (QED) is 0.123. The van der Waals surface area contributed by atoms with Crippen molar-refractivity contribution in [2.75, 3.05) is 39.6 Å². The topological polar surface area (TPSA) is 146 Å². The van der Waals surface area contributed by atoms with Gasteiger partial charge in [-0.1, -0.05) is 52.4 Å².